The number of benzene rings is 3. The Hall–Kier alpha value is -3.34. The number of carbonyl (C=O) groups excluding carboxylic acids is 1. The summed E-state index contributed by atoms with van der Waals surface area (Å²) in [6.45, 7) is 1.95. The van der Waals surface area contributed by atoms with Gasteiger partial charge in [0.25, 0.3) is 15.9 Å². The molecule has 0 saturated heterocycles. The molecule has 0 aliphatic heterocycles. The largest absolute Gasteiger partial charge is 0.298 e. The van der Waals surface area contributed by atoms with Gasteiger partial charge in [-0.3, -0.25) is 14.8 Å². The van der Waals surface area contributed by atoms with Crippen LogP contribution in [0, 0.1) is 6.92 Å². The van der Waals surface area contributed by atoms with Gasteiger partial charge in [-0.25, -0.2) is 18.4 Å². The molecule has 2 aromatic heterocycles. The fourth-order valence-corrected chi connectivity index (χ4v) is 6.38. The van der Waals surface area contributed by atoms with E-state index in [-0.39, 0.29) is 16.1 Å². The lowest BCUT2D eigenvalue weighted by Crippen LogP contribution is -2.18. The minimum Gasteiger partial charge on any atom is -0.298 e. The third kappa shape index (κ3) is 3.83. The molecule has 7 nitrogen and oxygen atoms in total. The Bertz CT molecular complexity index is 1570. The monoisotopic (exact) mass is 480 g/mol. The van der Waals surface area contributed by atoms with Crippen molar-refractivity contribution in [2.75, 3.05) is 10.0 Å². The molecule has 160 valence electrons. The lowest BCUT2D eigenvalue weighted by atomic mass is 10.2. The van der Waals surface area contributed by atoms with E-state index < -0.39 is 15.9 Å². The molecule has 10 heteroatoms. The number of para-hydroxylation sites is 1. The number of hydrogen-bond acceptors (Lipinski definition) is 7. The molecule has 0 spiro atoms. The Morgan fingerprint density at radius 3 is 2.28 bits per heavy atom. The zero-order chi connectivity index (χ0) is 22.3. The zero-order valence-electron chi connectivity index (χ0n) is 16.7. The van der Waals surface area contributed by atoms with Gasteiger partial charge in [-0.15, -0.1) is 11.3 Å². The number of carbonyl (C=O) groups is 1. The molecule has 2 N–H and O–H groups in total. The number of anilines is 2. The van der Waals surface area contributed by atoms with Crippen molar-refractivity contribution >= 4 is 69.9 Å². The number of aryl methyl sites for hydroxylation is 1. The van der Waals surface area contributed by atoms with E-state index in [1.807, 2.05) is 19.1 Å². The Morgan fingerprint density at radius 2 is 1.50 bits per heavy atom. The molecular weight excluding hydrogens is 464 g/mol. The predicted octanol–water partition coefficient (Wildman–Crippen LogP) is 5.27. The molecule has 0 saturated carbocycles. The second-order valence-electron chi connectivity index (χ2n) is 6.93. The molecule has 0 fully saturated rings. The molecule has 2 heterocycles. The van der Waals surface area contributed by atoms with E-state index in [1.54, 1.807) is 53.8 Å². The summed E-state index contributed by atoms with van der Waals surface area (Å²) in [4.78, 5) is 22.1. The summed E-state index contributed by atoms with van der Waals surface area (Å²) >= 11 is 2.95. The van der Waals surface area contributed by atoms with E-state index in [0.29, 0.717) is 5.13 Å². The summed E-state index contributed by atoms with van der Waals surface area (Å²) in [5.41, 5.74) is 2.07. The van der Waals surface area contributed by atoms with E-state index >= 15 is 0 Å². The number of nitrogens with one attached hydrogen (secondary N) is 2. The van der Waals surface area contributed by atoms with Crippen LogP contribution in [0.3, 0.4) is 0 Å². The van der Waals surface area contributed by atoms with E-state index in [4.69, 9.17) is 0 Å². The lowest BCUT2D eigenvalue weighted by molar-refractivity contribution is 0.102. The van der Waals surface area contributed by atoms with Crippen LogP contribution in [0.15, 0.2) is 71.6 Å². The number of nitrogens with zero attached hydrogens (tertiary/aromatic N) is 2. The maximum absolute atomic E-state index is 13.0. The number of hydrogen-bond donors (Lipinski definition) is 2. The van der Waals surface area contributed by atoms with E-state index in [9.17, 15) is 13.2 Å². The summed E-state index contributed by atoms with van der Waals surface area (Å²) in [6.07, 6.45) is 0. The average Bonchev–Trinajstić information content (AvgIpc) is 3.36. The van der Waals surface area contributed by atoms with Gasteiger partial charge in [0.1, 0.15) is 0 Å². The third-order valence-corrected chi connectivity index (χ3v) is 8.23. The average molecular weight is 481 g/mol. The fraction of sp³-hybridized carbons (Fsp3) is 0.0455. The summed E-state index contributed by atoms with van der Waals surface area (Å²) in [5, 5.41) is 4.20. The molecule has 0 radical (unpaired) electrons. The number of sulfonamides is 1. The van der Waals surface area contributed by atoms with Crippen LogP contribution < -0.4 is 10.0 Å². The molecule has 0 aliphatic carbocycles. The fourth-order valence-electron chi connectivity index (χ4n) is 3.28. The minimum atomic E-state index is -3.83. The summed E-state index contributed by atoms with van der Waals surface area (Å²) in [7, 11) is -3.83. The molecule has 0 aliphatic rings. The van der Waals surface area contributed by atoms with Crippen molar-refractivity contribution in [3.63, 3.8) is 0 Å². The van der Waals surface area contributed by atoms with Gasteiger partial charge in [-0.05, 0) is 43.3 Å². The Kier molecular flexibility index (Phi) is 5.12. The maximum Gasteiger partial charge on any atom is 0.261 e. The van der Waals surface area contributed by atoms with Crippen molar-refractivity contribution in [1.82, 2.24) is 9.97 Å². The highest BCUT2D eigenvalue weighted by Crippen LogP contribution is 2.36. The van der Waals surface area contributed by atoms with E-state index in [0.717, 1.165) is 25.4 Å². The summed E-state index contributed by atoms with van der Waals surface area (Å²) < 4.78 is 29.9. The van der Waals surface area contributed by atoms with Crippen LogP contribution in [0.1, 0.15) is 15.4 Å². The smallest absolute Gasteiger partial charge is 0.261 e. The summed E-state index contributed by atoms with van der Waals surface area (Å²) in [5.74, 6) is -0.452. The lowest BCUT2D eigenvalue weighted by Gasteiger charge is -2.12. The van der Waals surface area contributed by atoms with Gasteiger partial charge in [-0.1, -0.05) is 41.7 Å². The van der Waals surface area contributed by atoms with Crippen LogP contribution >= 0.6 is 22.7 Å². The first kappa shape index (κ1) is 20.6. The van der Waals surface area contributed by atoms with Gasteiger partial charge < -0.3 is 0 Å². The highest BCUT2D eigenvalue weighted by molar-refractivity contribution is 7.92. The van der Waals surface area contributed by atoms with Crippen molar-refractivity contribution in [1.29, 1.82) is 0 Å². The van der Waals surface area contributed by atoms with Gasteiger partial charge in [0.05, 0.1) is 41.6 Å². The van der Waals surface area contributed by atoms with Crippen LogP contribution in [0.25, 0.3) is 20.4 Å². The zero-order valence-corrected chi connectivity index (χ0v) is 19.1. The first-order valence-electron chi connectivity index (χ1n) is 9.56. The van der Waals surface area contributed by atoms with Crippen molar-refractivity contribution < 1.29 is 13.2 Å². The Labute approximate surface area is 191 Å². The highest BCUT2D eigenvalue weighted by atomic mass is 32.2. The van der Waals surface area contributed by atoms with Crippen molar-refractivity contribution in [2.45, 2.75) is 11.8 Å². The SMILES string of the molecule is Cc1nc2ccc3nc(NC(=O)c4ccccc4NS(=O)(=O)c4ccccc4)sc3c2s1. The molecule has 1 amide bonds. The third-order valence-electron chi connectivity index (χ3n) is 4.71. The molecule has 5 rings (SSSR count). The number of amides is 1. The van der Waals surface area contributed by atoms with Gasteiger partial charge in [0, 0.05) is 0 Å². The van der Waals surface area contributed by atoms with Crippen LogP contribution in [-0.4, -0.2) is 24.3 Å². The van der Waals surface area contributed by atoms with Crippen LogP contribution in [0.5, 0.6) is 0 Å². The van der Waals surface area contributed by atoms with Crippen molar-refractivity contribution in [3.8, 4) is 0 Å². The highest BCUT2D eigenvalue weighted by Gasteiger charge is 2.20. The molecule has 5 aromatic rings. The first-order chi connectivity index (χ1) is 15.4. The molecule has 3 aromatic carbocycles. The topological polar surface area (TPSA) is 101 Å². The van der Waals surface area contributed by atoms with E-state index in [1.165, 1.54) is 23.5 Å². The van der Waals surface area contributed by atoms with Crippen molar-refractivity contribution in [3.05, 3.63) is 77.3 Å². The molecular formula is C22H16N4O3S3. The van der Waals surface area contributed by atoms with E-state index in [2.05, 4.69) is 20.0 Å². The predicted molar refractivity (Wildman–Crippen MR) is 129 cm³/mol. The quantitative estimate of drug-likeness (QED) is 0.357. The molecule has 32 heavy (non-hydrogen) atoms. The van der Waals surface area contributed by atoms with Gasteiger partial charge in [0.2, 0.25) is 0 Å². The minimum absolute atomic E-state index is 0.116. The standard InChI is InChI=1S/C22H16N4O3S3/c1-13-23-17-11-12-18-20(19(17)30-13)31-22(24-18)25-21(27)15-9-5-6-10-16(15)26-32(28,29)14-7-3-2-4-8-14/h2-12,26H,1H3,(H,24,25,27). The number of rotatable bonds is 5. The number of aromatic nitrogens is 2. The summed E-state index contributed by atoms with van der Waals surface area (Å²) in [6, 6.07) is 18.3. The van der Waals surface area contributed by atoms with Gasteiger partial charge in [-0.2, -0.15) is 0 Å². The number of fused-ring (bicyclic) bond motifs is 3. The first-order valence-corrected chi connectivity index (χ1v) is 12.7. The van der Waals surface area contributed by atoms with Crippen LogP contribution in [0.4, 0.5) is 10.8 Å². The second-order valence-corrected chi connectivity index (χ2v) is 10.8. The normalized spacial score (nSPS) is 11.7. The van der Waals surface area contributed by atoms with Gasteiger partial charge in [0.15, 0.2) is 5.13 Å². The molecule has 0 unspecified atom stereocenters. The molecule has 0 bridgehead atoms. The van der Waals surface area contributed by atoms with Gasteiger partial charge >= 0.3 is 0 Å². The number of thiazole rings is 2. The van der Waals surface area contributed by atoms with Crippen LogP contribution in [-0.2, 0) is 10.0 Å². The second kappa shape index (κ2) is 7.97. The Balaban J connectivity index is 1.45. The molecule has 0 atom stereocenters. The maximum atomic E-state index is 13.0. The Morgan fingerprint density at radius 1 is 0.844 bits per heavy atom. The van der Waals surface area contributed by atoms with Crippen molar-refractivity contribution in [2.24, 2.45) is 0 Å². The van der Waals surface area contributed by atoms with Crippen LogP contribution in [0.2, 0.25) is 0 Å².